The molecule has 0 bridgehead atoms. The van der Waals surface area contributed by atoms with E-state index in [1.54, 1.807) is 11.1 Å². The number of amides is 2. The van der Waals surface area contributed by atoms with E-state index in [9.17, 15) is 18.8 Å². The number of esters is 1. The second kappa shape index (κ2) is 14.3. The Labute approximate surface area is 299 Å². The van der Waals surface area contributed by atoms with Gasteiger partial charge < -0.3 is 20.1 Å². The van der Waals surface area contributed by atoms with Crippen molar-refractivity contribution in [2.75, 3.05) is 44.7 Å². The van der Waals surface area contributed by atoms with Gasteiger partial charge in [0.1, 0.15) is 11.9 Å². The summed E-state index contributed by atoms with van der Waals surface area (Å²) in [5.41, 5.74) is 3.85. The largest absolute Gasteiger partial charge is 0.481 e. The average Bonchev–Trinajstić information content (AvgIpc) is 3.88. The number of carbonyl (C=O) groups is 3. The molecule has 16 heteroatoms. The van der Waals surface area contributed by atoms with Crippen LogP contribution in [0.5, 0.6) is 0 Å². The van der Waals surface area contributed by atoms with E-state index in [-0.39, 0.29) is 29.1 Å². The van der Waals surface area contributed by atoms with Crippen LogP contribution in [0.4, 0.5) is 14.3 Å². The van der Waals surface area contributed by atoms with Crippen molar-refractivity contribution < 1.29 is 28.6 Å². The molecule has 2 amide bonds. The molecule has 0 spiro atoms. The summed E-state index contributed by atoms with van der Waals surface area (Å²) in [5, 5.41) is 17.4. The number of aromatic nitrogens is 2. The maximum absolute atomic E-state index is 14.0. The number of carboxylic acid groups (broad SMARTS) is 1. The van der Waals surface area contributed by atoms with Crippen LogP contribution in [0.15, 0.2) is 75.7 Å². The number of aryl methyl sites for hydroxylation is 1. The third kappa shape index (κ3) is 6.86. The van der Waals surface area contributed by atoms with E-state index in [1.165, 1.54) is 48.0 Å². The van der Waals surface area contributed by atoms with E-state index >= 15 is 0 Å². The highest BCUT2D eigenvalue weighted by Crippen LogP contribution is 2.38. The van der Waals surface area contributed by atoms with Crippen molar-refractivity contribution in [2.24, 2.45) is 4.99 Å². The predicted octanol–water partition coefficient (Wildman–Crippen LogP) is 5.22. The molecule has 2 aromatic heterocycles. The molecule has 2 N–H and O–H groups in total. The summed E-state index contributed by atoms with van der Waals surface area (Å²) in [4.78, 5) is 57.6. The standard InChI is InChI=1S/C34H31ClFN7O5S2/c1-48-32(46)28-25(38-30(31-37-10-13-49-31)40-29(28)23-8-7-21(36)14-24(23)35)17-41-11-12-42-22(15-41)16-43(34(42)47)33-39-26(18-50-33)20-5-2-19(3-6-20)4-9-27(44)45/h2-3,5-8,10,13-14,18,22,29H,4,9,11-12,15-17H2,1H3,(H,38,40)(H,44,45)/t22-,29-/m0/s1. The number of methoxy groups -OCH3 is 1. The molecule has 0 unspecified atom stereocenters. The normalized spacial score (nSPS) is 19.3. The van der Waals surface area contributed by atoms with E-state index in [4.69, 9.17) is 31.4 Å². The fourth-order valence-corrected chi connectivity index (χ4v) is 8.08. The van der Waals surface area contributed by atoms with Crippen molar-refractivity contribution in [2.45, 2.75) is 24.9 Å². The van der Waals surface area contributed by atoms with Gasteiger partial charge in [-0.15, -0.1) is 22.7 Å². The Morgan fingerprint density at radius 2 is 1.96 bits per heavy atom. The predicted molar refractivity (Wildman–Crippen MR) is 188 cm³/mol. The highest BCUT2D eigenvalue weighted by atomic mass is 35.5. The number of carboxylic acids is 1. The molecule has 7 rings (SSSR count). The lowest BCUT2D eigenvalue weighted by molar-refractivity contribution is -0.137. The van der Waals surface area contributed by atoms with Gasteiger partial charge in [0.05, 0.1) is 31.0 Å². The summed E-state index contributed by atoms with van der Waals surface area (Å²) in [5.74, 6) is -1.47. The molecule has 3 aliphatic rings. The van der Waals surface area contributed by atoms with E-state index in [0.717, 1.165) is 16.8 Å². The summed E-state index contributed by atoms with van der Waals surface area (Å²) in [6.07, 6.45) is 2.19. The van der Waals surface area contributed by atoms with Crippen LogP contribution in [0.1, 0.15) is 28.6 Å². The molecule has 3 aliphatic heterocycles. The highest BCUT2D eigenvalue weighted by molar-refractivity contribution is 7.14. The lowest BCUT2D eigenvalue weighted by Crippen LogP contribution is -2.53. The van der Waals surface area contributed by atoms with Crippen LogP contribution < -0.4 is 10.2 Å². The van der Waals surface area contributed by atoms with Gasteiger partial charge in [-0.05, 0) is 24.1 Å². The van der Waals surface area contributed by atoms with Crippen LogP contribution in [0, 0.1) is 5.82 Å². The van der Waals surface area contributed by atoms with Gasteiger partial charge in [-0.25, -0.2) is 23.9 Å². The molecule has 0 aliphatic carbocycles. The first-order chi connectivity index (χ1) is 24.2. The number of halogens is 2. The van der Waals surface area contributed by atoms with Crippen molar-refractivity contribution in [1.29, 1.82) is 0 Å². The smallest absolute Gasteiger partial charge is 0.338 e. The van der Waals surface area contributed by atoms with Crippen molar-refractivity contribution in [3.05, 3.63) is 97.7 Å². The van der Waals surface area contributed by atoms with Crippen molar-refractivity contribution >= 4 is 63.2 Å². The van der Waals surface area contributed by atoms with Crippen molar-refractivity contribution in [1.82, 2.24) is 25.1 Å². The molecule has 50 heavy (non-hydrogen) atoms. The Morgan fingerprint density at radius 3 is 2.68 bits per heavy atom. The number of urea groups is 1. The van der Waals surface area contributed by atoms with Crippen LogP contribution in [0.25, 0.3) is 11.3 Å². The maximum Gasteiger partial charge on any atom is 0.338 e. The zero-order valence-electron chi connectivity index (χ0n) is 26.7. The molecule has 5 heterocycles. The first kappa shape index (κ1) is 33.8. The van der Waals surface area contributed by atoms with Crippen LogP contribution in [0.3, 0.4) is 0 Å². The Balaban J connectivity index is 1.10. The van der Waals surface area contributed by atoms with Gasteiger partial charge in [0.15, 0.2) is 16.0 Å². The van der Waals surface area contributed by atoms with Gasteiger partial charge in [0.2, 0.25) is 0 Å². The number of thiazole rings is 2. The van der Waals surface area contributed by atoms with Crippen LogP contribution in [0.2, 0.25) is 5.02 Å². The zero-order chi connectivity index (χ0) is 34.9. The summed E-state index contributed by atoms with van der Waals surface area (Å²) >= 11 is 9.28. The molecule has 2 saturated heterocycles. The van der Waals surface area contributed by atoms with Crippen molar-refractivity contribution in [3.63, 3.8) is 0 Å². The minimum absolute atomic E-state index is 0.0697. The quantitative estimate of drug-likeness (QED) is 0.210. The second-order valence-corrected chi connectivity index (χ2v) is 14.1. The van der Waals surface area contributed by atoms with Gasteiger partial charge in [0, 0.05) is 71.4 Å². The number of carbonyl (C=O) groups excluding carboxylic acids is 2. The Hall–Kier alpha value is -4.70. The Kier molecular flexibility index (Phi) is 9.64. The SMILES string of the molecule is COC(=O)C1=C(CN2CCN3C(=O)N(c4nc(-c5ccc(CCC(=O)O)cc5)cs4)C[C@@H]3C2)NC(c2nccs2)=N[C@H]1c1ccc(F)cc1Cl. The highest BCUT2D eigenvalue weighted by Gasteiger charge is 2.43. The number of fused-ring (bicyclic) bond motifs is 1. The number of nitrogens with zero attached hydrogens (tertiary/aromatic N) is 6. The molecule has 4 aromatic rings. The second-order valence-electron chi connectivity index (χ2n) is 12.0. The number of amidine groups is 1. The van der Waals surface area contributed by atoms with E-state index in [2.05, 4.69) is 15.2 Å². The first-order valence-corrected chi connectivity index (χ1v) is 17.9. The number of rotatable bonds is 10. The van der Waals surface area contributed by atoms with Gasteiger partial charge in [0.25, 0.3) is 0 Å². The number of aliphatic imine (C=N–C) groups is 1. The maximum atomic E-state index is 14.0. The number of anilines is 1. The number of piperazine rings is 1. The molecule has 258 valence electrons. The molecule has 2 aromatic carbocycles. The van der Waals surface area contributed by atoms with E-state index < -0.39 is 23.8 Å². The van der Waals surface area contributed by atoms with Gasteiger partial charge in [-0.3, -0.25) is 19.6 Å². The zero-order valence-corrected chi connectivity index (χ0v) is 29.1. The minimum atomic E-state index is -0.865. The van der Waals surface area contributed by atoms with Crippen LogP contribution >= 0.6 is 34.3 Å². The lowest BCUT2D eigenvalue weighted by atomic mass is 9.95. The number of benzene rings is 2. The van der Waals surface area contributed by atoms with Gasteiger partial charge in [-0.2, -0.15) is 0 Å². The summed E-state index contributed by atoms with van der Waals surface area (Å²) in [6.45, 7) is 2.36. The number of hydrogen-bond donors (Lipinski definition) is 2. The fourth-order valence-electron chi connectivity index (χ4n) is 6.38. The molecule has 12 nitrogen and oxygen atoms in total. The summed E-state index contributed by atoms with van der Waals surface area (Å²) in [7, 11) is 1.30. The number of ether oxygens (including phenoxy) is 1. The third-order valence-corrected chi connectivity index (χ3v) is 10.8. The van der Waals surface area contributed by atoms with E-state index in [0.29, 0.717) is 66.4 Å². The Morgan fingerprint density at radius 1 is 1.14 bits per heavy atom. The van der Waals surface area contributed by atoms with Gasteiger partial charge in [-0.1, -0.05) is 41.9 Å². The summed E-state index contributed by atoms with van der Waals surface area (Å²) in [6, 6.07) is 10.6. The number of aliphatic carboxylic acids is 1. The first-order valence-electron chi connectivity index (χ1n) is 15.8. The lowest BCUT2D eigenvalue weighted by Gasteiger charge is -2.38. The van der Waals surface area contributed by atoms with Crippen LogP contribution in [-0.2, 0) is 20.7 Å². The minimum Gasteiger partial charge on any atom is -0.481 e. The monoisotopic (exact) mass is 735 g/mol. The molecular weight excluding hydrogens is 705 g/mol. The van der Waals surface area contributed by atoms with Crippen LogP contribution in [-0.4, -0.2) is 94.6 Å². The third-order valence-electron chi connectivity index (χ3n) is 8.84. The van der Waals surface area contributed by atoms with E-state index in [1.807, 2.05) is 39.9 Å². The van der Waals surface area contributed by atoms with Crippen molar-refractivity contribution in [3.8, 4) is 11.3 Å². The number of hydrogen-bond acceptors (Lipinski definition) is 11. The van der Waals surface area contributed by atoms with Gasteiger partial charge >= 0.3 is 18.0 Å². The molecule has 0 radical (unpaired) electrons. The fraction of sp³-hybridized carbons (Fsp3) is 0.294. The molecular formula is C34H31ClFN7O5S2. The molecule has 2 fully saturated rings. The topological polar surface area (TPSA) is 141 Å². The molecule has 2 atom stereocenters. The number of nitrogens with one attached hydrogen (secondary N) is 1. The molecule has 0 saturated carbocycles. The Bertz CT molecular complexity index is 2000. The summed E-state index contributed by atoms with van der Waals surface area (Å²) < 4.78 is 19.2. The average molecular weight is 736 g/mol.